The Morgan fingerprint density at radius 2 is 2.00 bits per heavy atom. The molecule has 2 rings (SSSR count). The maximum absolute atomic E-state index is 10.8. The van der Waals surface area contributed by atoms with Gasteiger partial charge in [-0.05, 0) is 11.5 Å². The Bertz CT molecular complexity index is 461. The van der Waals surface area contributed by atoms with Crippen LogP contribution in [0.15, 0.2) is 30.4 Å². The van der Waals surface area contributed by atoms with Crippen LogP contribution in [-0.4, -0.2) is 4.92 Å². The van der Waals surface area contributed by atoms with E-state index in [0.717, 1.165) is 5.56 Å². The average Bonchev–Trinajstić information content (AvgIpc) is 2.40. The van der Waals surface area contributed by atoms with E-state index in [1.165, 1.54) is 6.07 Å². The molecular formula is C12H11NO2. The molecule has 0 saturated heterocycles. The van der Waals surface area contributed by atoms with Crippen molar-refractivity contribution in [3.63, 3.8) is 0 Å². The van der Waals surface area contributed by atoms with Gasteiger partial charge in [0.15, 0.2) is 0 Å². The zero-order valence-corrected chi connectivity index (χ0v) is 8.38. The topological polar surface area (TPSA) is 43.1 Å². The van der Waals surface area contributed by atoms with E-state index in [9.17, 15) is 10.1 Å². The van der Waals surface area contributed by atoms with E-state index in [-0.39, 0.29) is 10.6 Å². The minimum atomic E-state index is -0.340. The number of rotatable bonds is 1. The molecule has 0 aromatic heterocycles. The number of nitro benzene ring substituents is 1. The zero-order chi connectivity index (χ0) is 10.8. The van der Waals surface area contributed by atoms with Crippen LogP contribution in [0.5, 0.6) is 0 Å². The Balaban J connectivity index is 2.62. The summed E-state index contributed by atoms with van der Waals surface area (Å²) in [6, 6.07) is 5.14. The van der Waals surface area contributed by atoms with Gasteiger partial charge in [-0.3, -0.25) is 10.1 Å². The molecule has 0 aliphatic heterocycles. The van der Waals surface area contributed by atoms with Gasteiger partial charge in [0, 0.05) is 6.07 Å². The monoisotopic (exact) mass is 201 g/mol. The first-order valence-electron chi connectivity index (χ1n) is 4.82. The highest BCUT2D eigenvalue weighted by molar-refractivity contribution is 5.74. The van der Waals surface area contributed by atoms with Gasteiger partial charge in [0.1, 0.15) is 0 Å². The summed E-state index contributed by atoms with van der Waals surface area (Å²) in [5.74, 6) is 0.317. The fourth-order valence-corrected chi connectivity index (χ4v) is 1.62. The third-order valence-electron chi connectivity index (χ3n) is 2.46. The number of nitro groups is 1. The molecule has 1 aromatic carbocycles. The molecule has 1 aliphatic rings. The molecule has 3 heteroatoms. The van der Waals surface area contributed by atoms with E-state index in [0.29, 0.717) is 11.5 Å². The molecule has 0 bridgehead atoms. The lowest BCUT2D eigenvalue weighted by molar-refractivity contribution is -0.385. The third-order valence-corrected chi connectivity index (χ3v) is 2.46. The molecule has 0 heterocycles. The van der Waals surface area contributed by atoms with Gasteiger partial charge in [-0.15, -0.1) is 0 Å². The lowest BCUT2D eigenvalue weighted by Gasteiger charge is -2.00. The predicted molar refractivity (Wildman–Crippen MR) is 60.3 cm³/mol. The van der Waals surface area contributed by atoms with Crippen LogP contribution in [0.2, 0.25) is 0 Å². The summed E-state index contributed by atoms with van der Waals surface area (Å²) in [7, 11) is 0. The van der Waals surface area contributed by atoms with E-state index in [2.05, 4.69) is 0 Å². The minimum Gasteiger partial charge on any atom is -0.258 e. The van der Waals surface area contributed by atoms with Crippen LogP contribution < -0.4 is 0 Å². The van der Waals surface area contributed by atoms with Crippen LogP contribution in [-0.2, 0) is 0 Å². The summed E-state index contributed by atoms with van der Waals surface area (Å²) in [6.45, 7) is 2.05. The summed E-state index contributed by atoms with van der Waals surface area (Å²) in [4.78, 5) is 10.5. The first kappa shape index (κ1) is 9.65. The number of hydrogen-bond acceptors (Lipinski definition) is 2. The molecule has 0 spiro atoms. The largest absolute Gasteiger partial charge is 0.277 e. The first-order valence-corrected chi connectivity index (χ1v) is 4.82. The molecule has 0 radical (unpaired) electrons. The molecule has 0 N–H and O–H groups in total. The summed E-state index contributed by atoms with van der Waals surface area (Å²) in [5, 5.41) is 10.8. The molecule has 0 amide bonds. The van der Waals surface area contributed by atoms with Crippen molar-refractivity contribution in [3.05, 3.63) is 51.6 Å². The van der Waals surface area contributed by atoms with Crippen molar-refractivity contribution in [2.24, 2.45) is 5.92 Å². The van der Waals surface area contributed by atoms with Crippen LogP contribution >= 0.6 is 0 Å². The second-order valence-corrected chi connectivity index (χ2v) is 3.61. The van der Waals surface area contributed by atoms with Crippen molar-refractivity contribution in [3.8, 4) is 0 Å². The molecule has 76 valence electrons. The van der Waals surface area contributed by atoms with E-state index in [4.69, 9.17) is 0 Å². The standard InChI is InChI=1S/C12H11NO2/c1-9-5-7-10-3-2-4-12(13(14)15)11(10)8-6-9/h2-9H,1H3. The van der Waals surface area contributed by atoms with Crippen molar-refractivity contribution in [1.29, 1.82) is 0 Å². The van der Waals surface area contributed by atoms with E-state index in [1.54, 1.807) is 6.07 Å². The molecular weight excluding hydrogens is 190 g/mol. The van der Waals surface area contributed by atoms with E-state index >= 15 is 0 Å². The molecule has 1 atom stereocenters. The Labute approximate surface area is 87.9 Å². The summed E-state index contributed by atoms with van der Waals surface area (Å²) < 4.78 is 0. The number of fused-ring (bicyclic) bond motifs is 1. The molecule has 3 nitrogen and oxygen atoms in total. The fourth-order valence-electron chi connectivity index (χ4n) is 1.62. The second kappa shape index (κ2) is 3.69. The number of hydrogen-bond donors (Lipinski definition) is 0. The maximum Gasteiger partial charge on any atom is 0.277 e. The quantitative estimate of drug-likeness (QED) is 0.517. The number of nitrogens with zero attached hydrogens (tertiary/aromatic N) is 1. The van der Waals surface area contributed by atoms with Crippen molar-refractivity contribution < 1.29 is 4.92 Å². The maximum atomic E-state index is 10.8. The Kier molecular flexibility index (Phi) is 2.37. The van der Waals surface area contributed by atoms with Crippen LogP contribution in [0, 0.1) is 16.0 Å². The highest BCUT2D eigenvalue weighted by Crippen LogP contribution is 2.27. The van der Waals surface area contributed by atoms with Gasteiger partial charge >= 0.3 is 0 Å². The van der Waals surface area contributed by atoms with Crippen molar-refractivity contribution >= 4 is 17.8 Å². The lowest BCUT2D eigenvalue weighted by atomic mass is 10.1. The Morgan fingerprint density at radius 1 is 1.27 bits per heavy atom. The van der Waals surface area contributed by atoms with Gasteiger partial charge in [-0.2, -0.15) is 0 Å². The van der Waals surface area contributed by atoms with Crippen molar-refractivity contribution in [1.82, 2.24) is 0 Å². The number of allylic oxidation sites excluding steroid dienone is 2. The molecule has 0 fully saturated rings. The van der Waals surface area contributed by atoms with Crippen LogP contribution in [0.3, 0.4) is 0 Å². The van der Waals surface area contributed by atoms with Gasteiger partial charge in [0.05, 0.1) is 10.5 Å². The van der Waals surface area contributed by atoms with Gasteiger partial charge in [0.2, 0.25) is 0 Å². The fraction of sp³-hybridized carbons (Fsp3) is 0.167. The Hall–Kier alpha value is -1.90. The van der Waals surface area contributed by atoms with Gasteiger partial charge < -0.3 is 0 Å². The molecule has 15 heavy (non-hydrogen) atoms. The smallest absolute Gasteiger partial charge is 0.258 e. The van der Waals surface area contributed by atoms with Crippen molar-refractivity contribution in [2.75, 3.05) is 0 Å². The normalized spacial score (nSPS) is 18.3. The SMILES string of the molecule is CC1C=Cc2cccc([N+](=O)[O-])c2C=C1. The van der Waals surface area contributed by atoms with Crippen molar-refractivity contribution in [2.45, 2.75) is 6.92 Å². The summed E-state index contributed by atoms with van der Waals surface area (Å²) in [5.41, 5.74) is 1.77. The minimum absolute atomic E-state index is 0.169. The molecule has 1 unspecified atom stereocenters. The third kappa shape index (κ3) is 1.81. The summed E-state index contributed by atoms with van der Waals surface area (Å²) >= 11 is 0. The van der Waals surface area contributed by atoms with Gasteiger partial charge in [-0.1, -0.05) is 43.4 Å². The molecule has 1 aliphatic carbocycles. The van der Waals surface area contributed by atoms with E-state index < -0.39 is 0 Å². The van der Waals surface area contributed by atoms with Gasteiger partial charge in [0.25, 0.3) is 5.69 Å². The average molecular weight is 201 g/mol. The molecule has 0 saturated carbocycles. The lowest BCUT2D eigenvalue weighted by Crippen LogP contribution is -1.92. The number of benzene rings is 1. The second-order valence-electron chi connectivity index (χ2n) is 3.61. The zero-order valence-electron chi connectivity index (χ0n) is 8.38. The molecule has 1 aromatic rings. The van der Waals surface area contributed by atoms with Crippen LogP contribution in [0.25, 0.3) is 12.2 Å². The first-order chi connectivity index (χ1) is 7.18. The highest BCUT2D eigenvalue weighted by Gasteiger charge is 2.14. The van der Waals surface area contributed by atoms with Crippen LogP contribution in [0.1, 0.15) is 18.1 Å². The van der Waals surface area contributed by atoms with E-state index in [1.807, 2.05) is 37.3 Å². The highest BCUT2D eigenvalue weighted by atomic mass is 16.6. The summed E-state index contributed by atoms with van der Waals surface area (Å²) in [6.07, 6.45) is 7.77. The predicted octanol–water partition coefficient (Wildman–Crippen LogP) is 3.27. The van der Waals surface area contributed by atoms with Gasteiger partial charge in [-0.25, -0.2) is 0 Å². The Morgan fingerprint density at radius 3 is 2.73 bits per heavy atom. The van der Waals surface area contributed by atoms with Crippen LogP contribution in [0.4, 0.5) is 5.69 Å².